The van der Waals surface area contributed by atoms with Gasteiger partial charge in [-0.15, -0.1) is 0 Å². The molecule has 1 amide bonds. The predicted molar refractivity (Wildman–Crippen MR) is 87.8 cm³/mol. The summed E-state index contributed by atoms with van der Waals surface area (Å²) in [5, 5.41) is 6.29. The number of hydrogen-bond donors (Lipinski definition) is 1. The fourth-order valence-electron chi connectivity index (χ4n) is 2.85. The minimum Gasteiger partial charge on any atom is -0.449 e. The molecule has 0 aliphatic heterocycles. The SMILES string of the molecule is CCC(OC(=O)c1ccc2c(c1)CCC2)C(=O)Nc1cc(C)on1. The molecule has 1 heterocycles. The first-order valence-corrected chi connectivity index (χ1v) is 8.13. The molecule has 2 aromatic rings. The molecule has 1 aliphatic rings. The highest BCUT2D eigenvalue weighted by molar-refractivity contribution is 5.97. The van der Waals surface area contributed by atoms with E-state index >= 15 is 0 Å². The summed E-state index contributed by atoms with van der Waals surface area (Å²) >= 11 is 0. The van der Waals surface area contributed by atoms with Crippen LogP contribution in [0.3, 0.4) is 0 Å². The molecular formula is C18H20N2O4. The van der Waals surface area contributed by atoms with Gasteiger partial charge < -0.3 is 14.6 Å². The van der Waals surface area contributed by atoms with E-state index in [-0.39, 0.29) is 0 Å². The molecule has 3 rings (SSSR count). The smallest absolute Gasteiger partial charge is 0.338 e. The number of benzene rings is 1. The zero-order valence-corrected chi connectivity index (χ0v) is 13.8. The van der Waals surface area contributed by atoms with Gasteiger partial charge >= 0.3 is 5.97 Å². The number of amides is 1. The number of nitrogens with zero attached hydrogens (tertiary/aromatic N) is 1. The van der Waals surface area contributed by atoms with Crippen molar-refractivity contribution < 1.29 is 18.8 Å². The quantitative estimate of drug-likeness (QED) is 0.853. The predicted octanol–water partition coefficient (Wildman–Crippen LogP) is 3.05. The summed E-state index contributed by atoms with van der Waals surface area (Å²) in [6.45, 7) is 3.52. The van der Waals surface area contributed by atoms with E-state index in [4.69, 9.17) is 9.26 Å². The van der Waals surface area contributed by atoms with E-state index < -0.39 is 18.0 Å². The lowest BCUT2D eigenvalue weighted by Crippen LogP contribution is -2.32. The van der Waals surface area contributed by atoms with Gasteiger partial charge in [0.25, 0.3) is 5.91 Å². The number of aryl methyl sites for hydroxylation is 3. The van der Waals surface area contributed by atoms with Crippen molar-refractivity contribution in [3.05, 3.63) is 46.7 Å². The Hall–Kier alpha value is -2.63. The van der Waals surface area contributed by atoms with Crippen LogP contribution in [-0.2, 0) is 22.4 Å². The normalized spacial score (nSPS) is 14.1. The average Bonchev–Trinajstić information content (AvgIpc) is 3.20. The maximum Gasteiger partial charge on any atom is 0.338 e. The highest BCUT2D eigenvalue weighted by Gasteiger charge is 2.23. The highest BCUT2D eigenvalue weighted by atomic mass is 16.5. The largest absolute Gasteiger partial charge is 0.449 e. The van der Waals surface area contributed by atoms with Crippen molar-refractivity contribution in [3.63, 3.8) is 0 Å². The summed E-state index contributed by atoms with van der Waals surface area (Å²) in [7, 11) is 0. The molecule has 0 bridgehead atoms. The van der Waals surface area contributed by atoms with Gasteiger partial charge in [-0.1, -0.05) is 18.1 Å². The third kappa shape index (κ3) is 3.48. The van der Waals surface area contributed by atoms with E-state index in [0.717, 1.165) is 19.3 Å². The molecule has 1 unspecified atom stereocenters. The third-order valence-corrected chi connectivity index (χ3v) is 4.13. The van der Waals surface area contributed by atoms with Crippen molar-refractivity contribution in [2.45, 2.75) is 45.6 Å². The molecule has 24 heavy (non-hydrogen) atoms. The minimum absolute atomic E-state index is 0.310. The van der Waals surface area contributed by atoms with Crippen molar-refractivity contribution >= 4 is 17.7 Å². The van der Waals surface area contributed by atoms with E-state index in [1.807, 2.05) is 12.1 Å². The third-order valence-electron chi connectivity index (χ3n) is 4.13. The van der Waals surface area contributed by atoms with Gasteiger partial charge in [-0.2, -0.15) is 0 Å². The lowest BCUT2D eigenvalue weighted by atomic mass is 10.1. The van der Waals surface area contributed by atoms with Crippen molar-refractivity contribution in [2.75, 3.05) is 5.32 Å². The number of carbonyl (C=O) groups excluding carboxylic acids is 2. The summed E-state index contributed by atoms with van der Waals surface area (Å²) in [6.07, 6.45) is 2.66. The van der Waals surface area contributed by atoms with Crippen LogP contribution in [0.1, 0.15) is 47.0 Å². The molecule has 6 heteroatoms. The maximum atomic E-state index is 12.3. The standard InChI is InChI=1S/C18H20N2O4/c1-3-15(17(21)19-16-9-11(2)24-20-16)23-18(22)14-8-7-12-5-4-6-13(12)10-14/h7-10,15H,3-6H2,1-2H3,(H,19,20,21). The number of esters is 1. The van der Waals surface area contributed by atoms with Crippen LogP contribution in [0.5, 0.6) is 0 Å². The monoisotopic (exact) mass is 328 g/mol. The van der Waals surface area contributed by atoms with Gasteiger partial charge in [0.2, 0.25) is 0 Å². The topological polar surface area (TPSA) is 81.4 Å². The zero-order valence-electron chi connectivity index (χ0n) is 13.8. The van der Waals surface area contributed by atoms with Gasteiger partial charge in [-0.05, 0) is 55.9 Å². The lowest BCUT2D eigenvalue weighted by Gasteiger charge is -2.15. The minimum atomic E-state index is -0.872. The molecule has 1 aliphatic carbocycles. The molecule has 1 atom stereocenters. The van der Waals surface area contributed by atoms with Crippen molar-refractivity contribution in [1.29, 1.82) is 0 Å². The number of nitrogens with one attached hydrogen (secondary N) is 1. The lowest BCUT2D eigenvalue weighted by molar-refractivity contribution is -0.124. The summed E-state index contributed by atoms with van der Waals surface area (Å²) in [5.74, 6) is 0.00126. The number of rotatable bonds is 5. The average molecular weight is 328 g/mol. The van der Waals surface area contributed by atoms with Crippen LogP contribution in [0.2, 0.25) is 0 Å². The molecule has 0 saturated heterocycles. The van der Waals surface area contributed by atoms with Gasteiger partial charge in [0.05, 0.1) is 5.56 Å². The molecule has 0 saturated carbocycles. The maximum absolute atomic E-state index is 12.3. The summed E-state index contributed by atoms with van der Waals surface area (Å²) in [6, 6.07) is 7.21. The second-order valence-electron chi connectivity index (χ2n) is 5.95. The molecule has 1 N–H and O–H groups in total. The van der Waals surface area contributed by atoms with E-state index in [1.165, 1.54) is 11.1 Å². The molecular weight excluding hydrogens is 308 g/mol. The van der Waals surface area contributed by atoms with Crippen molar-refractivity contribution in [2.24, 2.45) is 0 Å². The number of ether oxygens (including phenoxy) is 1. The Labute approximate surface area is 140 Å². The number of anilines is 1. The Kier molecular flexibility index (Phi) is 4.64. The van der Waals surface area contributed by atoms with Crippen LogP contribution < -0.4 is 5.32 Å². The Morgan fingerprint density at radius 2 is 2.08 bits per heavy atom. The summed E-state index contributed by atoms with van der Waals surface area (Å²) in [5.41, 5.74) is 2.97. The number of carbonyl (C=O) groups is 2. The number of fused-ring (bicyclic) bond motifs is 1. The van der Waals surface area contributed by atoms with Gasteiger partial charge in [-0.3, -0.25) is 4.79 Å². The van der Waals surface area contributed by atoms with Crippen molar-refractivity contribution in [1.82, 2.24) is 5.16 Å². The van der Waals surface area contributed by atoms with Crippen LogP contribution >= 0.6 is 0 Å². The zero-order chi connectivity index (χ0) is 17.1. The van der Waals surface area contributed by atoms with E-state index in [2.05, 4.69) is 10.5 Å². The van der Waals surface area contributed by atoms with E-state index in [0.29, 0.717) is 23.6 Å². The Morgan fingerprint density at radius 3 is 2.79 bits per heavy atom. The second-order valence-corrected chi connectivity index (χ2v) is 5.95. The summed E-state index contributed by atoms with van der Waals surface area (Å²) in [4.78, 5) is 24.6. The first kappa shape index (κ1) is 16.2. The molecule has 126 valence electrons. The van der Waals surface area contributed by atoms with Gasteiger partial charge in [0.15, 0.2) is 11.9 Å². The van der Waals surface area contributed by atoms with E-state index in [1.54, 1.807) is 26.0 Å². The van der Waals surface area contributed by atoms with Gasteiger partial charge in [0, 0.05) is 6.07 Å². The van der Waals surface area contributed by atoms with Gasteiger partial charge in [-0.25, -0.2) is 4.79 Å². The number of aromatic nitrogens is 1. The Balaban J connectivity index is 1.65. The van der Waals surface area contributed by atoms with Crippen LogP contribution in [0.4, 0.5) is 5.82 Å². The highest BCUT2D eigenvalue weighted by Crippen LogP contribution is 2.23. The van der Waals surface area contributed by atoms with Crippen LogP contribution in [0.25, 0.3) is 0 Å². The fraction of sp³-hybridized carbons (Fsp3) is 0.389. The molecule has 0 radical (unpaired) electrons. The molecule has 1 aromatic heterocycles. The van der Waals surface area contributed by atoms with E-state index in [9.17, 15) is 9.59 Å². The van der Waals surface area contributed by atoms with Crippen LogP contribution in [0.15, 0.2) is 28.8 Å². The molecule has 0 spiro atoms. The second kappa shape index (κ2) is 6.86. The first-order chi connectivity index (χ1) is 11.6. The molecule has 0 fully saturated rings. The molecule has 1 aromatic carbocycles. The molecule has 6 nitrogen and oxygen atoms in total. The van der Waals surface area contributed by atoms with Crippen LogP contribution in [-0.4, -0.2) is 23.1 Å². The summed E-state index contributed by atoms with van der Waals surface area (Å²) < 4.78 is 10.3. The number of hydrogen-bond acceptors (Lipinski definition) is 5. The van der Waals surface area contributed by atoms with Crippen LogP contribution in [0, 0.1) is 6.92 Å². The van der Waals surface area contributed by atoms with Gasteiger partial charge in [0.1, 0.15) is 5.76 Å². The fourth-order valence-corrected chi connectivity index (χ4v) is 2.85. The Morgan fingerprint density at radius 1 is 1.29 bits per heavy atom. The van der Waals surface area contributed by atoms with Crippen molar-refractivity contribution in [3.8, 4) is 0 Å². The Bertz CT molecular complexity index is 766. The first-order valence-electron chi connectivity index (χ1n) is 8.13.